The number of rotatable bonds is 34. The van der Waals surface area contributed by atoms with Crippen molar-refractivity contribution >= 4 is 5.97 Å². The molecule has 5 heteroatoms. The molecule has 44 heavy (non-hydrogen) atoms. The lowest BCUT2D eigenvalue weighted by Crippen LogP contribution is -2.22. The van der Waals surface area contributed by atoms with Crippen LogP contribution in [0.2, 0.25) is 0 Å². The first-order valence-corrected chi connectivity index (χ1v) is 18.7. The maximum atomic E-state index is 12.6. The number of esters is 1. The molecule has 0 aliphatic heterocycles. The van der Waals surface area contributed by atoms with Gasteiger partial charge in [0.25, 0.3) is 0 Å². The topological polar surface area (TPSA) is 65.0 Å². The van der Waals surface area contributed by atoms with Gasteiger partial charge < -0.3 is 19.3 Å². The molecule has 0 fully saturated rings. The molecule has 0 aliphatic rings. The number of hydrogen-bond acceptors (Lipinski definition) is 5. The highest BCUT2D eigenvalue weighted by Gasteiger charge is 2.16. The number of carbonyl (C=O) groups is 1. The van der Waals surface area contributed by atoms with Crippen molar-refractivity contribution in [1.82, 2.24) is 0 Å². The molecule has 0 rings (SSSR count). The van der Waals surface area contributed by atoms with Gasteiger partial charge in [-0.05, 0) is 70.1 Å². The average molecular weight is 622 g/mol. The van der Waals surface area contributed by atoms with Crippen molar-refractivity contribution in [2.45, 2.75) is 175 Å². The van der Waals surface area contributed by atoms with E-state index in [0.717, 1.165) is 70.1 Å². The third-order valence-electron chi connectivity index (χ3n) is 8.31. The average Bonchev–Trinajstić information content (AvgIpc) is 3.03. The molecule has 259 valence electrons. The van der Waals surface area contributed by atoms with Crippen molar-refractivity contribution < 1.29 is 24.1 Å². The van der Waals surface area contributed by atoms with Gasteiger partial charge in [-0.15, -0.1) is 0 Å². The molecular formula is C39H73O5. The van der Waals surface area contributed by atoms with Gasteiger partial charge in [-0.3, -0.25) is 4.79 Å². The van der Waals surface area contributed by atoms with E-state index in [0.29, 0.717) is 26.2 Å². The Morgan fingerprint density at radius 1 is 0.636 bits per heavy atom. The number of carbonyl (C=O) groups excluding carboxylic acids is 1. The second kappa shape index (κ2) is 34.7. The molecule has 0 saturated carbocycles. The Balaban J connectivity index is 4.51. The van der Waals surface area contributed by atoms with Crippen molar-refractivity contribution in [3.05, 3.63) is 30.7 Å². The number of unbranched alkanes of at least 4 members (excludes halogenated alkanes) is 10. The van der Waals surface area contributed by atoms with E-state index in [9.17, 15) is 9.90 Å². The van der Waals surface area contributed by atoms with Crippen molar-refractivity contribution in [2.24, 2.45) is 11.8 Å². The summed E-state index contributed by atoms with van der Waals surface area (Å²) < 4.78 is 17.7. The largest absolute Gasteiger partial charge is 0.465 e. The van der Waals surface area contributed by atoms with Crippen LogP contribution < -0.4 is 0 Å². The fourth-order valence-electron chi connectivity index (χ4n) is 5.46. The van der Waals surface area contributed by atoms with Crippen LogP contribution in [0, 0.1) is 18.3 Å². The van der Waals surface area contributed by atoms with Crippen molar-refractivity contribution in [2.75, 3.05) is 26.4 Å². The predicted molar refractivity (Wildman–Crippen MR) is 188 cm³/mol. The van der Waals surface area contributed by atoms with Gasteiger partial charge in [-0.25, -0.2) is 0 Å². The maximum Gasteiger partial charge on any atom is 0.305 e. The van der Waals surface area contributed by atoms with Crippen LogP contribution in [0.4, 0.5) is 0 Å². The molecule has 0 saturated heterocycles. The van der Waals surface area contributed by atoms with Crippen molar-refractivity contribution in [1.29, 1.82) is 0 Å². The summed E-state index contributed by atoms with van der Waals surface area (Å²) in [7, 11) is 0. The highest BCUT2D eigenvalue weighted by molar-refractivity contribution is 5.69. The number of aliphatic hydroxyl groups excluding tert-OH is 1. The van der Waals surface area contributed by atoms with Gasteiger partial charge in [0.05, 0.1) is 13.0 Å². The first kappa shape index (κ1) is 42.8. The van der Waals surface area contributed by atoms with Crippen molar-refractivity contribution in [3.8, 4) is 0 Å². The summed E-state index contributed by atoms with van der Waals surface area (Å²) in [5.74, 6) is 0.570. The van der Waals surface area contributed by atoms with Gasteiger partial charge in [0, 0.05) is 32.2 Å². The van der Waals surface area contributed by atoms with Crippen LogP contribution in [0.15, 0.2) is 24.3 Å². The van der Waals surface area contributed by atoms with Gasteiger partial charge in [0.1, 0.15) is 0 Å². The fraction of sp³-hybridized carbons (Fsp3) is 0.846. The molecular weight excluding hydrogens is 548 g/mol. The van der Waals surface area contributed by atoms with Gasteiger partial charge in [-0.1, -0.05) is 123 Å². The smallest absolute Gasteiger partial charge is 0.305 e. The zero-order valence-electron chi connectivity index (χ0n) is 29.6. The van der Waals surface area contributed by atoms with Crippen molar-refractivity contribution in [3.63, 3.8) is 0 Å². The highest BCUT2D eigenvalue weighted by Crippen LogP contribution is 2.25. The van der Waals surface area contributed by atoms with E-state index in [2.05, 4.69) is 58.4 Å². The lowest BCUT2D eigenvalue weighted by atomic mass is 9.89. The molecule has 0 aliphatic carbocycles. The van der Waals surface area contributed by atoms with Crippen LogP contribution in [0.5, 0.6) is 0 Å². The SMILES string of the molecule is C[CH]CCCCC(CCCCCC)CCCC(CO)COC(=O)CCC(OCCCC/C=C\CC)OCCCC/C=C\CC. The quantitative estimate of drug-likeness (QED) is 0.0335. The normalized spacial score (nSPS) is 12.8. The molecule has 0 heterocycles. The van der Waals surface area contributed by atoms with Crippen LogP contribution >= 0.6 is 0 Å². The molecule has 1 radical (unpaired) electrons. The Morgan fingerprint density at radius 3 is 1.77 bits per heavy atom. The standard InChI is InChI=1S/C39H73O5/c1-5-9-13-17-19-23-32-42-39(43-33-24-20-18-14-10-6-2)31-30-38(41)44-35-37(34-40)29-25-28-36(26-21-15-11-7-3)27-22-16-12-8-4/h7,9-10,13-14,36-37,39-40H,5-6,8,11-12,15-35H2,1-4H3/b13-9-,14-10-. The molecule has 5 nitrogen and oxygen atoms in total. The number of ether oxygens (including phenoxy) is 3. The summed E-state index contributed by atoms with van der Waals surface area (Å²) in [5.41, 5.74) is 0. The molecule has 0 amide bonds. The number of allylic oxidation sites excluding steroid dienone is 4. The monoisotopic (exact) mass is 622 g/mol. The van der Waals surface area contributed by atoms with E-state index in [4.69, 9.17) is 14.2 Å². The van der Waals surface area contributed by atoms with Crippen LogP contribution in [0.3, 0.4) is 0 Å². The molecule has 0 aromatic heterocycles. The lowest BCUT2D eigenvalue weighted by Gasteiger charge is -2.20. The second-order valence-electron chi connectivity index (χ2n) is 12.5. The first-order valence-electron chi connectivity index (χ1n) is 18.7. The second-order valence-corrected chi connectivity index (χ2v) is 12.5. The summed E-state index contributed by atoms with van der Waals surface area (Å²) in [6, 6.07) is 0. The predicted octanol–water partition coefficient (Wildman–Crippen LogP) is 11.1. The zero-order chi connectivity index (χ0) is 32.4. The number of hydrogen-bond donors (Lipinski definition) is 1. The summed E-state index contributed by atoms with van der Waals surface area (Å²) in [5, 5.41) is 9.96. The Kier molecular flexibility index (Phi) is 33.8. The van der Waals surface area contributed by atoms with E-state index in [-0.39, 0.29) is 31.2 Å². The minimum atomic E-state index is -0.377. The van der Waals surface area contributed by atoms with E-state index in [1.807, 2.05) is 0 Å². The Hall–Kier alpha value is -1.17. The number of aliphatic hydroxyl groups is 1. The van der Waals surface area contributed by atoms with E-state index in [1.165, 1.54) is 64.2 Å². The zero-order valence-corrected chi connectivity index (χ0v) is 29.6. The third kappa shape index (κ3) is 29.5. The minimum Gasteiger partial charge on any atom is -0.465 e. The van der Waals surface area contributed by atoms with E-state index < -0.39 is 0 Å². The Morgan fingerprint density at radius 2 is 1.20 bits per heavy atom. The third-order valence-corrected chi connectivity index (χ3v) is 8.31. The maximum absolute atomic E-state index is 12.6. The van der Waals surface area contributed by atoms with Gasteiger partial charge in [-0.2, -0.15) is 0 Å². The lowest BCUT2D eigenvalue weighted by molar-refractivity contribution is -0.160. The highest BCUT2D eigenvalue weighted by atomic mass is 16.7. The molecule has 0 aromatic rings. The molecule has 2 unspecified atom stereocenters. The van der Waals surface area contributed by atoms with Crippen LogP contribution in [0.1, 0.15) is 169 Å². The Bertz CT molecular complexity index is 610. The fourth-order valence-corrected chi connectivity index (χ4v) is 5.46. The first-order chi connectivity index (χ1) is 21.6. The molecule has 0 spiro atoms. The summed E-state index contributed by atoms with van der Waals surface area (Å²) in [6.45, 7) is 10.4. The van der Waals surface area contributed by atoms with Gasteiger partial charge in [0.15, 0.2) is 6.29 Å². The molecule has 0 bridgehead atoms. The van der Waals surface area contributed by atoms with E-state index >= 15 is 0 Å². The van der Waals surface area contributed by atoms with Crippen LogP contribution in [-0.4, -0.2) is 43.8 Å². The summed E-state index contributed by atoms with van der Waals surface area (Å²) in [4.78, 5) is 12.6. The molecule has 1 N–H and O–H groups in total. The van der Waals surface area contributed by atoms with Gasteiger partial charge in [0.2, 0.25) is 0 Å². The van der Waals surface area contributed by atoms with Crippen LogP contribution in [-0.2, 0) is 19.0 Å². The minimum absolute atomic E-state index is 0.0150. The van der Waals surface area contributed by atoms with E-state index in [1.54, 1.807) is 0 Å². The Labute approximate surface area is 274 Å². The molecule has 0 aromatic carbocycles. The summed E-state index contributed by atoms with van der Waals surface area (Å²) >= 11 is 0. The summed E-state index contributed by atoms with van der Waals surface area (Å²) in [6.07, 6.45) is 35.0. The molecule has 2 atom stereocenters. The van der Waals surface area contributed by atoms with Crippen LogP contribution in [0.25, 0.3) is 0 Å². The van der Waals surface area contributed by atoms with Gasteiger partial charge >= 0.3 is 5.97 Å².